The van der Waals surface area contributed by atoms with Crippen molar-refractivity contribution in [3.63, 3.8) is 0 Å². The van der Waals surface area contributed by atoms with E-state index in [1.54, 1.807) is 0 Å². The van der Waals surface area contributed by atoms with Gasteiger partial charge in [-0.3, -0.25) is 4.79 Å². The van der Waals surface area contributed by atoms with E-state index in [1.807, 2.05) is 24.9 Å². The van der Waals surface area contributed by atoms with Crippen LogP contribution in [0, 0.1) is 12.8 Å². The zero-order chi connectivity index (χ0) is 14.8. The molecule has 1 unspecified atom stereocenters. The van der Waals surface area contributed by atoms with E-state index in [-0.39, 0.29) is 0 Å². The van der Waals surface area contributed by atoms with Gasteiger partial charge < -0.3 is 9.80 Å². The van der Waals surface area contributed by atoms with Crippen LogP contribution in [0.2, 0.25) is 0 Å². The fourth-order valence-corrected chi connectivity index (χ4v) is 3.31. The number of aryl methyl sites for hydroxylation is 1. The Morgan fingerprint density at radius 3 is 2.76 bits per heavy atom. The van der Waals surface area contributed by atoms with Gasteiger partial charge in [-0.25, -0.2) is 4.98 Å². The number of amides is 1. The Morgan fingerprint density at radius 2 is 2.10 bits per heavy atom. The Labute approximate surface area is 127 Å². The van der Waals surface area contributed by atoms with Crippen LogP contribution in [-0.2, 0) is 4.79 Å². The average Bonchev–Trinajstić information content (AvgIpc) is 2.45. The summed E-state index contributed by atoms with van der Waals surface area (Å²) >= 11 is 0. The first-order chi connectivity index (χ1) is 10.1. The minimum absolute atomic E-state index is 0.294. The van der Waals surface area contributed by atoms with Gasteiger partial charge in [-0.15, -0.1) is 0 Å². The van der Waals surface area contributed by atoms with E-state index in [1.165, 1.54) is 6.42 Å². The summed E-state index contributed by atoms with van der Waals surface area (Å²) in [4.78, 5) is 21.4. The molecule has 3 rings (SSSR count). The molecule has 1 aromatic heterocycles. The highest BCUT2D eigenvalue weighted by molar-refractivity contribution is 5.79. The van der Waals surface area contributed by atoms with Crippen LogP contribution in [0.1, 0.15) is 37.8 Å². The molecule has 1 saturated carbocycles. The molecule has 2 aliphatic rings. The third-order valence-corrected chi connectivity index (χ3v) is 4.94. The van der Waals surface area contributed by atoms with E-state index in [0.29, 0.717) is 17.9 Å². The van der Waals surface area contributed by atoms with Gasteiger partial charge in [0, 0.05) is 37.8 Å². The topological polar surface area (TPSA) is 36.4 Å². The van der Waals surface area contributed by atoms with E-state index in [2.05, 4.69) is 22.0 Å². The van der Waals surface area contributed by atoms with Crippen molar-refractivity contribution in [2.24, 2.45) is 5.92 Å². The van der Waals surface area contributed by atoms with Crippen LogP contribution < -0.4 is 4.90 Å². The molecule has 2 fully saturated rings. The number of carbonyl (C=O) groups excluding carboxylic acids is 1. The third kappa shape index (κ3) is 3.04. The third-order valence-electron chi connectivity index (χ3n) is 4.94. The summed E-state index contributed by atoms with van der Waals surface area (Å²) in [7, 11) is 1.98. The standard InChI is InChI=1S/C17H25N3O/c1-13-6-3-10-16(18-13)20-11-5-9-15(12-20)19(2)17(21)14-7-4-8-14/h3,6,10,14-15H,4-5,7-9,11-12H2,1-2H3. The molecule has 4 nitrogen and oxygen atoms in total. The van der Waals surface area contributed by atoms with Crippen molar-refractivity contribution in [2.75, 3.05) is 25.0 Å². The van der Waals surface area contributed by atoms with Crippen LogP contribution in [0.5, 0.6) is 0 Å². The molecule has 1 aliphatic carbocycles. The van der Waals surface area contributed by atoms with Crippen molar-refractivity contribution >= 4 is 11.7 Å². The maximum Gasteiger partial charge on any atom is 0.225 e. The molecule has 1 saturated heterocycles. The van der Waals surface area contributed by atoms with Crippen LogP contribution in [0.25, 0.3) is 0 Å². The van der Waals surface area contributed by atoms with E-state index in [9.17, 15) is 4.79 Å². The van der Waals surface area contributed by atoms with E-state index >= 15 is 0 Å². The Balaban J connectivity index is 1.66. The number of rotatable bonds is 3. The fraction of sp³-hybridized carbons (Fsp3) is 0.647. The summed E-state index contributed by atoms with van der Waals surface area (Å²) in [5.74, 6) is 1.69. The number of aromatic nitrogens is 1. The molecule has 1 aromatic rings. The number of piperidine rings is 1. The molecule has 4 heteroatoms. The first-order valence-electron chi connectivity index (χ1n) is 8.10. The molecular weight excluding hydrogens is 262 g/mol. The Kier molecular flexibility index (Phi) is 4.13. The lowest BCUT2D eigenvalue weighted by atomic mass is 9.84. The minimum atomic E-state index is 0.294. The largest absolute Gasteiger partial charge is 0.355 e. The second kappa shape index (κ2) is 6.04. The lowest BCUT2D eigenvalue weighted by Gasteiger charge is -2.40. The molecule has 21 heavy (non-hydrogen) atoms. The van der Waals surface area contributed by atoms with Gasteiger partial charge >= 0.3 is 0 Å². The number of likely N-dealkylation sites (N-methyl/N-ethyl adjacent to an activating group) is 1. The zero-order valence-corrected chi connectivity index (χ0v) is 13.1. The second-order valence-electron chi connectivity index (χ2n) is 6.46. The Morgan fingerprint density at radius 1 is 1.29 bits per heavy atom. The monoisotopic (exact) mass is 287 g/mol. The van der Waals surface area contributed by atoms with Gasteiger partial charge in [0.25, 0.3) is 0 Å². The number of hydrogen-bond acceptors (Lipinski definition) is 3. The first kappa shape index (κ1) is 14.4. The van der Waals surface area contributed by atoms with Gasteiger partial charge in [0.05, 0.1) is 0 Å². The van der Waals surface area contributed by atoms with Crippen LogP contribution in [-0.4, -0.2) is 42.0 Å². The highest BCUT2D eigenvalue weighted by atomic mass is 16.2. The highest BCUT2D eigenvalue weighted by Gasteiger charge is 2.33. The zero-order valence-electron chi connectivity index (χ0n) is 13.1. The van der Waals surface area contributed by atoms with Gasteiger partial charge in [0.15, 0.2) is 0 Å². The van der Waals surface area contributed by atoms with Crippen molar-refractivity contribution in [2.45, 2.75) is 45.1 Å². The summed E-state index contributed by atoms with van der Waals surface area (Å²) < 4.78 is 0. The number of hydrogen-bond donors (Lipinski definition) is 0. The fourth-order valence-electron chi connectivity index (χ4n) is 3.31. The molecule has 114 valence electrons. The summed E-state index contributed by atoms with van der Waals surface area (Å²) in [5, 5.41) is 0. The number of carbonyl (C=O) groups is 1. The van der Waals surface area contributed by atoms with E-state index < -0.39 is 0 Å². The number of nitrogens with zero attached hydrogens (tertiary/aromatic N) is 3. The van der Waals surface area contributed by atoms with Crippen LogP contribution in [0.4, 0.5) is 5.82 Å². The van der Waals surface area contributed by atoms with Gasteiger partial charge in [0.2, 0.25) is 5.91 Å². The summed E-state index contributed by atoms with van der Waals surface area (Å²) in [6.45, 7) is 3.97. The van der Waals surface area contributed by atoms with E-state index in [0.717, 1.165) is 50.3 Å². The molecule has 0 bridgehead atoms. The Hall–Kier alpha value is -1.58. The predicted octanol–water partition coefficient (Wildman–Crippen LogP) is 2.62. The van der Waals surface area contributed by atoms with Crippen molar-refractivity contribution in [3.05, 3.63) is 23.9 Å². The molecule has 1 atom stereocenters. The first-order valence-corrected chi connectivity index (χ1v) is 8.10. The average molecular weight is 287 g/mol. The summed E-state index contributed by atoms with van der Waals surface area (Å²) in [6, 6.07) is 6.49. The van der Waals surface area contributed by atoms with E-state index in [4.69, 9.17) is 0 Å². The highest BCUT2D eigenvalue weighted by Crippen LogP contribution is 2.30. The van der Waals surface area contributed by atoms with Crippen molar-refractivity contribution in [1.82, 2.24) is 9.88 Å². The van der Waals surface area contributed by atoms with Crippen LogP contribution >= 0.6 is 0 Å². The molecule has 0 radical (unpaired) electrons. The summed E-state index contributed by atoms with van der Waals surface area (Å²) in [6.07, 6.45) is 5.62. The SMILES string of the molecule is Cc1cccc(N2CCCC(N(C)C(=O)C3CCC3)C2)n1. The molecule has 2 heterocycles. The quantitative estimate of drug-likeness (QED) is 0.857. The molecule has 0 N–H and O–H groups in total. The predicted molar refractivity (Wildman–Crippen MR) is 84.3 cm³/mol. The maximum atomic E-state index is 12.4. The van der Waals surface area contributed by atoms with Crippen LogP contribution in [0.3, 0.4) is 0 Å². The molecule has 1 amide bonds. The number of anilines is 1. The maximum absolute atomic E-state index is 12.4. The number of pyridine rings is 1. The van der Waals surface area contributed by atoms with Gasteiger partial charge in [-0.05, 0) is 44.7 Å². The molecule has 0 aromatic carbocycles. The molecular formula is C17H25N3O. The minimum Gasteiger partial charge on any atom is -0.355 e. The van der Waals surface area contributed by atoms with Crippen molar-refractivity contribution < 1.29 is 4.79 Å². The van der Waals surface area contributed by atoms with Crippen LogP contribution in [0.15, 0.2) is 18.2 Å². The molecule has 0 spiro atoms. The van der Waals surface area contributed by atoms with Gasteiger partial charge in [0.1, 0.15) is 5.82 Å². The van der Waals surface area contributed by atoms with Gasteiger partial charge in [-0.2, -0.15) is 0 Å². The van der Waals surface area contributed by atoms with Crippen molar-refractivity contribution in [3.8, 4) is 0 Å². The Bertz CT molecular complexity index is 513. The smallest absolute Gasteiger partial charge is 0.225 e. The normalized spacial score (nSPS) is 22.8. The lowest BCUT2D eigenvalue weighted by Crippen LogP contribution is -2.51. The van der Waals surface area contributed by atoms with Gasteiger partial charge in [-0.1, -0.05) is 12.5 Å². The van der Waals surface area contributed by atoms with Crippen molar-refractivity contribution in [1.29, 1.82) is 0 Å². The molecule has 1 aliphatic heterocycles. The second-order valence-corrected chi connectivity index (χ2v) is 6.46. The lowest BCUT2D eigenvalue weighted by molar-refractivity contribution is -0.139. The summed E-state index contributed by atoms with van der Waals surface area (Å²) in [5.41, 5.74) is 1.05.